The highest BCUT2D eigenvalue weighted by Gasteiger charge is 2.51. The molecule has 10 heteroatoms. The number of hydrogen-bond donors (Lipinski definition) is 1. The van der Waals surface area contributed by atoms with Gasteiger partial charge in [0.25, 0.3) is 10.0 Å². The van der Waals surface area contributed by atoms with Crippen LogP contribution in [0.3, 0.4) is 0 Å². The van der Waals surface area contributed by atoms with Crippen molar-refractivity contribution in [2.24, 2.45) is 4.40 Å². The van der Waals surface area contributed by atoms with Crippen molar-refractivity contribution < 1.29 is 26.7 Å². The fraction of sp³-hybridized carbons (Fsp3) is 0.300. The van der Waals surface area contributed by atoms with Crippen LogP contribution in [0.15, 0.2) is 47.0 Å². The molecule has 0 amide bonds. The summed E-state index contributed by atoms with van der Waals surface area (Å²) in [5.41, 5.74) is -2.46. The number of thiophene rings is 1. The SMILES string of the molecule is C[C@@](O)(c1ccnc(-c2cccc3cc(/C=N/S(=O)(=O)C4CC4)sc23)c1)C(F)(F)F. The van der Waals surface area contributed by atoms with Crippen molar-refractivity contribution in [1.82, 2.24) is 4.98 Å². The van der Waals surface area contributed by atoms with Gasteiger partial charge in [0.15, 0.2) is 5.60 Å². The van der Waals surface area contributed by atoms with Gasteiger partial charge in [-0.05, 0) is 48.9 Å². The van der Waals surface area contributed by atoms with Gasteiger partial charge in [0.1, 0.15) is 0 Å². The zero-order valence-electron chi connectivity index (χ0n) is 15.7. The van der Waals surface area contributed by atoms with Crippen LogP contribution in [-0.4, -0.2) is 36.1 Å². The number of nitrogens with zero attached hydrogens (tertiary/aromatic N) is 2. The van der Waals surface area contributed by atoms with Crippen molar-refractivity contribution in [2.75, 3.05) is 0 Å². The summed E-state index contributed by atoms with van der Waals surface area (Å²) < 4.78 is 68.1. The van der Waals surface area contributed by atoms with Crippen LogP contribution in [0.5, 0.6) is 0 Å². The Labute approximate surface area is 175 Å². The minimum absolute atomic E-state index is 0.276. The molecule has 3 aromatic rings. The summed E-state index contributed by atoms with van der Waals surface area (Å²) in [5.74, 6) is 0. The van der Waals surface area contributed by atoms with Crippen LogP contribution in [-0.2, 0) is 15.6 Å². The lowest BCUT2D eigenvalue weighted by Crippen LogP contribution is -2.39. The molecular weight excluding hydrogens is 437 g/mol. The lowest BCUT2D eigenvalue weighted by molar-refractivity contribution is -0.258. The van der Waals surface area contributed by atoms with Gasteiger partial charge in [0.05, 0.1) is 17.2 Å². The molecule has 0 bridgehead atoms. The van der Waals surface area contributed by atoms with E-state index < -0.39 is 27.1 Å². The first-order valence-electron chi connectivity index (χ1n) is 9.07. The van der Waals surface area contributed by atoms with Crippen molar-refractivity contribution >= 4 is 37.7 Å². The molecule has 2 heterocycles. The van der Waals surface area contributed by atoms with Gasteiger partial charge < -0.3 is 5.11 Å². The van der Waals surface area contributed by atoms with E-state index in [1.165, 1.54) is 29.8 Å². The Morgan fingerprint density at radius 2 is 1.97 bits per heavy atom. The number of aliphatic hydroxyl groups is 1. The molecule has 0 unspecified atom stereocenters. The van der Waals surface area contributed by atoms with E-state index in [1.807, 2.05) is 6.07 Å². The van der Waals surface area contributed by atoms with Crippen molar-refractivity contribution in [3.05, 3.63) is 53.0 Å². The number of halogens is 3. The second-order valence-electron chi connectivity index (χ2n) is 7.32. The number of pyridine rings is 1. The maximum Gasteiger partial charge on any atom is 0.421 e. The normalized spacial score (nSPS) is 17.5. The third-order valence-corrected chi connectivity index (χ3v) is 7.82. The van der Waals surface area contributed by atoms with Gasteiger partial charge in [-0.15, -0.1) is 11.3 Å². The van der Waals surface area contributed by atoms with Gasteiger partial charge in [-0.2, -0.15) is 17.6 Å². The minimum Gasteiger partial charge on any atom is -0.376 e. The third kappa shape index (κ3) is 3.86. The average Bonchev–Trinajstić information content (AvgIpc) is 3.46. The fourth-order valence-corrected chi connectivity index (χ4v) is 5.26. The van der Waals surface area contributed by atoms with Gasteiger partial charge in [-0.1, -0.05) is 18.2 Å². The second kappa shape index (κ2) is 7.14. The molecule has 0 saturated heterocycles. The lowest BCUT2D eigenvalue weighted by Gasteiger charge is -2.26. The van der Waals surface area contributed by atoms with Crippen molar-refractivity contribution in [1.29, 1.82) is 0 Å². The summed E-state index contributed by atoms with van der Waals surface area (Å²) in [5, 5.41) is 10.4. The minimum atomic E-state index is -4.84. The molecule has 4 rings (SSSR count). The number of alkyl halides is 3. The number of sulfonamides is 1. The molecule has 1 aromatic carbocycles. The number of benzene rings is 1. The van der Waals surface area contributed by atoms with E-state index in [4.69, 9.17) is 0 Å². The van der Waals surface area contributed by atoms with Crippen LogP contribution in [0, 0.1) is 0 Å². The number of rotatable bonds is 5. The molecule has 1 saturated carbocycles. The van der Waals surface area contributed by atoms with Crippen LogP contribution in [0.1, 0.15) is 30.2 Å². The van der Waals surface area contributed by atoms with Crippen molar-refractivity contribution in [2.45, 2.75) is 36.8 Å². The average molecular weight is 454 g/mol. The molecule has 1 atom stereocenters. The first-order chi connectivity index (χ1) is 14.0. The molecule has 0 aliphatic heterocycles. The van der Waals surface area contributed by atoms with E-state index in [2.05, 4.69) is 9.38 Å². The standard InChI is InChI=1S/C20H17F3N2O3S2/c1-19(26,20(21,22)23)13-7-8-24-17(10-13)16-4-2-3-12-9-14(29-18(12)16)11-25-30(27,28)15-5-6-15/h2-4,7-11,15,26H,5-6H2,1H3/b25-11+/t19-/m1/s1. The topological polar surface area (TPSA) is 79.6 Å². The van der Waals surface area contributed by atoms with Gasteiger partial charge in [-0.3, -0.25) is 4.98 Å². The zero-order valence-corrected chi connectivity index (χ0v) is 17.4. The molecule has 1 fully saturated rings. The summed E-state index contributed by atoms with van der Waals surface area (Å²) in [4.78, 5) is 4.79. The van der Waals surface area contributed by atoms with E-state index >= 15 is 0 Å². The molecule has 2 aromatic heterocycles. The first kappa shape index (κ1) is 21.0. The molecule has 1 aliphatic carbocycles. The molecule has 1 N–H and O–H groups in total. The maximum atomic E-state index is 13.2. The summed E-state index contributed by atoms with van der Waals surface area (Å²) in [6, 6.07) is 9.39. The van der Waals surface area contributed by atoms with E-state index in [-0.39, 0.29) is 11.3 Å². The van der Waals surface area contributed by atoms with E-state index in [9.17, 15) is 26.7 Å². The molecule has 158 valence electrons. The predicted octanol–water partition coefficient (Wildman–Crippen LogP) is 4.64. The fourth-order valence-electron chi connectivity index (χ4n) is 2.97. The predicted molar refractivity (Wildman–Crippen MR) is 110 cm³/mol. The van der Waals surface area contributed by atoms with Crippen molar-refractivity contribution in [3.8, 4) is 11.3 Å². The molecule has 30 heavy (non-hydrogen) atoms. The molecular formula is C20H17F3N2O3S2. The quantitative estimate of drug-likeness (QED) is 0.570. The molecule has 0 radical (unpaired) electrons. The van der Waals surface area contributed by atoms with Gasteiger partial charge in [0, 0.05) is 21.3 Å². The molecule has 5 nitrogen and oxygen atoms in total. The van der Waals surface area contributed by atoms with Crippen LogP contribution in [0.2, 0.25) is 0 Å². The summed E-state index contributed by atoms with van der Waals surface area (Å²) in [7, 11) is -3.49. The highest BCUT2D eigenvalue weighted by atomic mass is 32.2. The Balaban J connectivity index is 1.74. The van der Waals surface area contributed by atoms with E-state index in [1.54, 1.807) is 18.2 Å². The maximum absolute atomic E-state index is 13.2. The third-order valence-electron chi connectivity index (χ3n) is 4.99. The van der Waals surface area contributed by atoms with Crippen LogP contribution < -0.4 is 0 Å². The van der Waals surface area contributed by atoms with E-state index in [0.29, 0.717) is 30.2 Å². The lowest BCUT2D eigenvalue weighted by atomic mass is 9.94. The van der Waals surface area contributed by atoms with Gasteiger partial charge >= 0.3 is 6.18 Å². The zero-order chi connectivity index (χ0) is 21.7. The number of aromatic nitrogens is 1. The highest BCUT2D eigenvalue weighted by Crippen LogP contribution is 2.40. The summed E-state index contributed by atoms with van der Waals surface area (Å²) in [6.45, 7) is 0.701. The van der Waals surface area contributed by atoms with Gasteiger partial charge in [-0.25, -0.2) is 8.42 Å². The summed E-state index contributed by atoms with van der Waals surface area (Å²) in [6.07, 6.45) is -1.06. The Morgan fingerprint density at radius 1 is 1.23 bits per heavy atom. The van der Waals surface area contributed by atoms with Crippen LogP contribution in [0.4, 0.5) is 13.2 Å². The molecule has 0 spiro atoms. The largest absolute Gasteiger partial charge is 0.421 e. The van der Waals surface area contributed by atoms with Gasteiger partial charge in [0.2, 0.25) is 0 Å². The van der Waals surface area contributed by atoms with Crippen molar-refractivity contribution in [3.63, 3.8) is 0 Å². The smallest absolute Gasteiger partial charge is 0.376 e. The summed E-state index contributed by atoms with van der Waals surface area (Å²) >= 11 is 1.27. The Kier molecular flexibility index (Phi) is 4.99. The van der Waals surface area contributed by atoms with Crippen LogP contribution in [0.25, 0.3) is 21.3 Å². The first-order valence-corrected chi connectivity index (χ1v) is 11.4. The second-order valence-corrected chi connectivity index (χ2v) is 10.3. The van der Waals surface area contributed by atoms with E-state index in [0.717, 1.165) is 16.2 Å². The van der Waals surface area contributed by atoms with Crippen LogP contribution >= 0.6 is 11.3 Å². The number of hydrogen-bond acceptors (Lipinski definition) is 5. The Bertz CT molecular complexity index is 1240. The highest BCUT2D eigenvalue weighted by molar-refractivity contribution is 7.91. The molecule has 1 aliphatic rings. The monoisotopic (exact) mass is 454 g/mol. The Hall–Kier alpha value is -2.30. The number of fused-ring (bicyclic) bond motifs is 1. The Morgan fingerprint density at radius 3 is 2.63 bits per heavy atom.